The average molecular weight is 114 g/mol. The Morgan fingerprint density at radius 2 is 1.43 bits per heavy atom. The molecule has 0 amide bonds. The number of rotatable bonds is 0. The van der Waals surface area contributed by atoms with Crippen LogP contribution >= 0.6 is 0 Å². The van der Waals surface area contributed by atoms with Gasteiger partial charge in [0.1, 0.15) is 0 Å². The van der Waals surface area contributed by atoms with E-state index < -0.39 is 12.1 Å². The number of alkyl halides is 3. The summed E-state index contributed by atoms with van der Waals surface area (Å²) in [5.41, 5.74) is 0. The maximum atomic E-state index is 11.2. The Hall–Kier alpha value is -0.210. The molecule has 0 aliphatic heterocycles. The first kappa shape index (κ1) is 6.79. The van der Waals surface area contributed by atoms with E-state index in [2.05, 4.69) is 0 Å². The topological polar surface area (TPSA) is 0 Å². The zero-order chi connectivity index (χ0) is 6.08. The lowest BCUT2D eigenvalue weighted by atomic mass is 10.2. The Balaban J connectivity index is 0. The highest BCUT2D eigenvalue weighted by atomic mass is 19.4. The second-order valence-corrected chi connectivity index (χ2v) is 1.70. The van der Waals surface area contributed by atoms with Crippen LogP contribution in [-0.4, -0.2) is 6.18 Å². The minimum atomic E-state index is -4.00. The summed E-state index contributed by atoms with van der Waals surface area (Å²) >= 11 is 0. The van der Waals surface area contributed by atoms with Gasteiger partial charge in [0.2, 0.25) is 0 Å². The molecule has 0 aromatic heterocycles. The van der Waals surface area contributed by atoms with Crippen molar-refractivity contribution in [1.82, 2.24) is 0 Å². The first-order chi connectivity index (χ1) is 2.94. The third kappa shape index (κ3) is 2.48. The highest BCUT2D eigenvalue weighted by Gasteiger charge is 2.31. The fourth-order valence-electron chi connectivity index (χ4n) is 0. The zero-order valence-electron chi connectivity index (χ0n) is 4.21. The molecule has 0 aromatic carbocycles. The largest absolute Gasteiger partial charge is 0.391 e. The van der Waals surface area contributed by atoms with Crippen molar-refractivity contribution in [1.29, 1.82) is 0 Å². The molecule has 0 aliphatic carbocycles. The number of halogens is 3. The van der Waals surface area contributed by atoms with Crippen LogP contribution in [0, 0.1) is 5.92 Å². The molecule has 0 aromatic rings. The van der Waals surface area contributed by atoms with E-state index in [0.29, 0.717) is 0 Å². The zero-order valence-corrected chi connectivity index (χ0v) is 4.21. The van der Waals surface area contributed by atoms with Gasteiger partial charge in [0.15, 0.2) is 0 Å². The van der Waals surface area contributed by atoms with Gasteiger partial charge < -0.3 is 0 Å². The second kappa shape index (κ2) is 1.72. The maximum absolute atomic E-state index is 11.2. The van der Waals surface area contributed by atoms with Gasteiger partial charge >= 0.3 is 6.18 Å². The Bertz CT molecular complexity index is 56.8. The summed E-state index contributed by atoms with van der Waals surface area (Å²) in [5.74, 6) is -1.20. The van der Waals surface area contributed by atoms with E-state index in [4.69, 9.17) is 0 Å². The van der Waals surface area contributed by atoms with Crippen molar-refractivity contribution in [3.05, 3.63) is 0 Å². The van der Waals surface area contributed by atoms with Gasteiger partial charge in [-0.05, 0) is 0 Å². The van der Waals surface area contributed by atoms with Gasteiger partial charge in [0, 0.05) is 7.34 Å². The average Bonchev–Trinajstić information content (AvgIpc) is 1.31. The fourth-order valence-corrected chi connectivity index (χ4v) is 0. The van der Waals surface area contributed by atoms with Gasteiger partial charge in [-0.3, -0.25) is 0 Å². The van der Waals surface area contributed by atoms with Crippen LogP contribution in [0.5, 0.6) is 0 Å². The van der Waals surface area contributed by atoms with Crippen molar-refractivity contribution >= 4 is 0 Å². The van der Waals surface area contributed by atoms with Crippen molar-refractivity contribution in [3.63, 3.8) is 0 Å². The van der Waals surface area contributed by atoms with Crippen LogP contribution in [0.4, 0.5) is 13.2 Å². The minimum Gasteiger partial charge on any atom is -0.171 e. The van der Waals surface area contributed by atoms with Crippen molar-refractivity contribution in [3.8, 4) is 0 Å². The van der Waals surface area contributed by atoms with Gasteiger partial charge in [-0.1, -0.05) is 13.8 Å². The van der Waals surface area contributed by atoms with E-state index in [1.807, 2.05) is 0 Å². The van der Waals surface area contributed by atoms with E-state index >= 15 is 0 Å². The quantitative estimate of drug-likeness (QED) is 0.453. The molecule has 0 rings (SSSR count). The van der Waals surface area contributed by atoms with Crippen LogP contribution in [0.25, 0.3) is 0 Å². The molecular formula is C4H9F3. The summed E-state index contributed by atoms with van der Waals surface area (Å²) in [4.78, 5) is 0. The number of hydrogen-bond acceptors (Lipinski definition) is 0. The Kier molecular flexibility index (Phi) is 1.67. The molecule has 0 N–H and O–H groups in total. The Morgan fingerprint density at radius 3 is 1.43 bits per heavy atom. The maximum Gasteiger partial charge on any atom is 0.391 e. The third-order valence-electron chi connectivity index (χ3n) is 0.655. The summed E-state index contributed by atoms with van der Waals surface area (Å²) in [6, 6.07) is 0. The van der Waals surface area contributed by atoms with E-state index in [1.54, 1.807) is 0 Å². The van der Waals surface area contributed by atoms with Crippen LogP contribution in [0.15, 0.2) is 0 Å². The van der Waals surface area contributed by atoms with Gasteiger partial charge in [0.05, 0.1) is 0 Å². The summed E-state index contributed by atoms with van der Waals surface area (Å²) < 4.78 is 33.5. The Labute approximate surface area is 41.8 Å². The Morgan fingerprint density at radius 1 is 1.29 bits per heavy atom. The predicted molar refractivity (Wildman–Crippen MR) is 23.0 cm³/mol. The molecule has 0 bridgehead atoms. The van der Waals surface area contributed by atoms with Crippen LogP contribution < -0.4 is 0 Å². The molecule has 0 saturated carbocycles. The van der Waals surface area contributed by atoms with Crippen molar-refractivity contribution < 1.29 is 14.6 Å². The molecule has 0 aliphatic rings. The summed E-state index contributed by atoms with van der Waals surface area (Å²) in [5, 5.41) is 0. The van der Waals surface area contributed by atoms with Gasteiger partial charge in [-0.2, -0.15) is 13.2 Å². The molecule has 46 valence electrons. The lowest BCUT2D eigenvalue weighted by Gasteiger charge is -2.07. The van der Waals surface area contributed by atoms with Crippen molar-refractivity contribution in [2.75, 3.05) is 0 Å². The molecule has 0 atom stereocenters. The highest BCUT2D eigenvalue weighted by molar-refractivity contribution is 4.52. The summed E-state index contributed by atoms with van der Waals surface area (Å²) in [6.07, 6.45) is -4.00. The smallest absolute Gasteiger partial charge is 0.171 e. The fraction of sp³-hybridized carbons (Fsp3) is 1.00. The molecule has 3 heteroatoms. The monoisotopic (exact) mass is 114 g/mol. The van der Waals surface area contributed by atoms with Gasteiger partial charge in [-0.15, -0.1) is 0 Å². The summed E-state index contributed by atoms with van der Waals surface area (Å²) in [6.45, 7) is 2.25. The lowest BCUT2D eigenvalue weighted by molar-refractivity contribution is -0.164. The van der Waals surface area contributed by atoms with Crippen molar-refractivity contribution in [2.45, 2.75) is 20.0 Å². The molecule has 0 saturated heterocycles. The van der Waals surface area contributed by atoms with Crippen LogP contribution in [0.2, 0.25) is 0 Å². The third-order valence-corrected chi connectivity index (χ3v) is 0.655. The minimum absolute atomic E-state index is 0. The van der Waals surface area contributed by atoms with Crippen molar-refractivity contribution in [2.24, 2.45) is 5.92 Å². The van der Waals surface area contributed by atoms with Crippen LogP contribution in [-0.2, 0) is 0 Å². The predicted octanol–water partition coefficient (Wildman–Crippen LogP) is 2.45. The second-order valence-electron chi connectivity index (χ2n) is 1.70. The molecule has 0 spiro atoms. The van der Waals surface area contributed by atoms with E-state index in [9.17, 15) is 13.2 Å². The molecule has 0 fully saturated rings. The van der Waals surface area contributed by atoms with Crippen LogP contribution in [0.1, 0.15) is 15.3 Å². The van der Waals surface area contributed by atoms with E-state index in [1.165, 1.54) is 0 Å². The first-order valence-corrected chi connectivity index (χ1v) is 2.01. The molecule has 0 nitrogen and oxygen atoms in total. The summed E-state index contributed by atoms with van der Waals surface area (Å²) in [7, 11) is 0. The standard InChI is InChI=1S/C4H7F3.H2/c1-3(2)4(5,6)7;/h3H,1-2H3;1H. The van der Waals surface area contributed by atoms with E-state index in [-0.39, 0.29) is 1.43 Å². The SMILES string of the molecule is CC(C)C(F)(F)F.[HH]. The molecular weight excluding hydrogens is 105 g/mol. The molecule has 0 heterocycles. The first-order valence-electron chi connectivity index (χ1n) is 2.01. The number of hydrogen-bond donors (Lipinski definition) is 0. The van der Waals surface area contributed by atoms with Gasteiger partial charge in [-0.25, -0.2) is 0 Å². The normalized spacial score (nSPS) is 12.9. The van der Waals surface area contributed by atoms with Gasteiger partial charge in [0.25, 0.3) is 0 Å². The van der Waals surface area contributed by atoms with E-state index in [0.717, 1.165) is 13.8 Å². The molecule has 7 heavy (non-hydrogen) atoms. The molecule has 0 unspecified atom stereocenters. The molecule has 0 radical (unpaired) electrons. The highest BCUT2D eigenvalue weighted by Crippen LogP contribution is 2.24. The van der Waals surface area contributed by atoms with Crippen LogP contribution in [0.3, 0.4) is 0 Å². The lowest BCUT2D eigenvalue weighted by Crippen LogP contribution is -2.15.